The summed E-state index contributed by atoms with van der Waals surface area (Å²) in [4.78, 5) is 27.7. The van der Waals surface area contributed by atoms with Crippen LogP contribution in [-0.2, 0) is 22.5 Å². The Labute approximate surface area is 199 Å². The van der Waals surface area contributed by atoms with Gasteiger partial charge in [-0.1, -0.05) is 42.5 Å². The molecule has 1 atom stereocenters. The molecule has 34 heavy (non-hydrogen) atoms. The number of carbonyl (C=O) groups is 2. The Bertz CT molecular complexity index is 1140. The number of rotatable bonds is 8. The van der Waals surface area contributed by atoms with Crippen LogP contribution in [0.2, 0.25) is 0 Å². The van der Waals surface area contributed by atoms with Crippen molar-refractivity contribution in [2.75, 3.05) is 18.1 Å². The highest BCUT2D eigenvalue weighted by molar-refractivity contribution is 6.07. The van der Waals surface area contributed by atoms with Gasteiger partial charge < -0.3 is 15.0 Å². The zero-order valence-corrected chi connectivity index (χ0v) is 19.3. The van der Waals surface area contributed by atoms with Crippen molar-refractivity contribution in [2.45, 2.75) is 38.8 Å². The van der Waals surface area contributed by atoms with Crippen LogP contribution >= 0.6 is 0 Å². The first-order valence-electron chi connectivity index (χ1n) is 11.6. The molecule has 5 nitrogen and oxygen atoms in total. The SMILES string of the molecule is Cc1ccccc1C(=O)N(Cc1ccc(F)cc1)c1cccc(CC(=O)NCC2CCCO2)c1. The lowest BCUT2D eigenvalue weighted by atomic mass is 10.1. The second-order valence-electron chi connectivity index (χ2n) is 8.62. The predicted molar refractivity (Wildman–Crippen MR) is 130 cm³/mol. The van der Waals surface area contributed by atoms with Gasteiger partial charge in [0.05, 0.1) is 19.1 Å². The van der Waals surface area contributed by atoms with Gasteiger partial charge in [-0.3, -0.25) is 9.59 Å². The molecular weight excluding hydrogens is 431 g/mol. The number of carbonyl (C=O) groups excluding carboxylic acids is 2. The molecule has 176 valence electrons. The maximum Gasteiger partial charge on any atom is 0.258 e. The summed E-state index contributed by atoms with van der Waals surface area (Å²) in [7, 11) is 0. The summed E-state index contributed by atoms with van der Waals surface area (Å²) in [6.07, 6.45) is 2.30. The lowest BCUT2D eigenvalue weighted by Crippen LogP contribution is -2.33. The van der Waals surface area contributed by atoms with Gasteiger partial charge in [0.25, 0.3) is 5.91 Å². The topological polar surface area (TPSA) is 58.6 Å². The van der Waals surface area contributed by atoms with Crippen LogP contribution < -0.4 is 10.2 Å². The van der Waals surface area contributed by atoms with Gasteiger partial charge in [-0.05, 0) is 66.8 Å². The summed E-state index contributed by atoms with van der Waals surface area (Å²) in [5.74, 6) is -0.554. The lowest BCUT2D eigenvalue weighted by Gasteiger charge is -2.24. The molecule has 3 aromatic carbocycles. The third-order valence-electron chi connectivity index (χ3n) is 6.01. The second-order valence-corrected chi connectivity index (χ2v) is 8.62. The summed E-state index contributed by atoms with van der Waals surface area (Å²) in [5.41, 5.74) is 3.78. The Kier molecular flexibility index (Phi) is 7.70. The molecule has 1 fully saturated rings. The number of nitrogens with one attached hydrogen (secondary N) is 1. The van der Waals surface area contributed by atoms with E-state index >= 15 is 0 Å². The zero-order chi connectivity index (χ0) is 23.9. The Morgan fingerprint density at radius 1 is 1.03 bits per heavy atom. The number of halogens is 1. The number of hydrogen-bond donors (Lipinski definition) is 1. The van der Waals surface area contributed by atoms with Crippen molar-refractivity contribution >= 4 is 17.5 Å². The largest absolute Gasteiger partial charge is 0.376 e. The van der Waals surface area contributed by atoms with Gasteiger partial charge in [-0.2, -0.15) is 0 Å². The van der Waals surface area contributed by atoms with Gasteiger partial charge in [0.1, 0.15) is 5.82 Å². The maximum absolute atomic E-state index is 13.6. The highest BCUT2D eigenvalue weighted by atomic mass is 19.1. The van der Waals surface area contributed by atoms with Crippen molar-refractivity contribution in [3.8, 4) is 0 Å². The highest BCUT2D eigenvalue weighted by Gasteiger charge is 2.21. The molecule has 1 N–H and O–H groups in total. The fourth-order valence-electron chi connectivity index (χ4n) is 4.13. The van der Waals surface area contributed by atoms with Gasteiger partial charge in [-0.15, -0.1) is 0 Å². The standard InChI is InChI=1S/C28H29FN2O3/c1-20-6-2-3-10-26(20)28(33)31(19-21-11-13-23(29)14-12-21)24-8-4-7-22(16-24)17-27(32)30-18-25-9-5-15-34-25/h2-4,6-8,10-14,16,25H,5,9,15,17-19H2,1H3,(H,30,32). The smallest absolute Gasteiger partial charge is 0.258 e. The Hall–Kier alpha value is -3.51. The molecule has 1 unspecified atom stereocenters. The van der Waals surface area contributed by atoms with E-state index in [0.29, 0.717) is 17.8 Å². The predicted octanol–water partition coefficient (Wildman–Crippen LogP) is 4.82. The van der Waals surface area contributed by atoms with Crippen LogP contribution in [0.4, 0.5) is 10.1 Å². The molecule has 0 aromatic heterocycles. The van der Waals surface area contributed by atoms with Crippen LogP contribution in [0.25, 0.3) is 0 Å². The molecule has 0 aliphatic carbocycles. The van der Waals surface area contributed by atoms with Gasteiger partial charge in [0.15, 0.2) is 0 Å². The summed E-state index contributed by atoms with van der Waals surface area (Å²) in [6.45, 7) is 3.45. The Morgan fingerprint density at radius 3 is 2.56 bits per heavy atom. The number of anilines is 1. The van der Waals surface area contributed by atoms with E-state index in [2.05, 4.69) is 5.32 Å². The van der Waals surface area contributed by atoms with Crippen molar-refractivity contribution in [1.29, 1.82) is 0 Å². The van der Waals surface area contributed by atoms with Crippen LogP contribution in [0.15, 0.2) is 72.8 Å². The fraction of sp³-hybridized carbons (Fsp3) is 0.286. The lowest BCUT2D eigenvalue weighted by molar-refractivity contribution is -0.120. The molecule has 3 aromatic rings. The maximum atomic E-state index is 13.6. The number of hydrogen-bond acceptors (Lipinski definition) is 3. The molecule has 1 heterocycles. The van der Waals surface area contributed by atoms with Crippen molar-refractivity contribution in [3.63, 3.8) is 0 Å². The van der Waals surface area contributed by atoms with Crippen molar-refractivity contribution < 1.29 is 18.7 Å². The van der Waals surface area contributed by atoms with E-state index < -0.39 is 0 Å². The summed E-state index contributed by atoms with van der Waals surface area (Å²) in [6, 6.07) is 21.0. The van der Waals surface area contributed by atoms with Crippen LogP contribution in [0.3, 0.4) is 0 Å². The molecule has 1 aliphatic heterocycles. The fourth-order valence-corrected chi connectivity index (χ4v) is 4.13. The van der Waals surface area contributed by atoms with Gasteiger partial charge >= 0.3 is 0 Å². The molecule has 0 bridgehead atoms. The van der Waals surface area contributed by atoms with Gasteiger partial charge in [0, 0.05) is 24.4 Å². The van der Waals surface area contributed by atoms with E-state index in [9.17, 15) is 14.0 Å². The number of benzene rings is 3. The third kappa shape index (κ3) is 6.08. The van der Waals surface area contributed by atoms with E-state index in [1.807, 2.05) is 49.4 Å². The average molecular weight is 461 g/mol. The summed E-state index contributed by atoms with van der Waals surface area (Å²) < 4.78 is 19.0. The van der Waals surface area contributed by atoms with Gasteiger partial charge in [0.2, 0.25) is 5.91 Å². The van der Waals surface area contributed by atoms with Crippen molar-refractivity contribution in [1.82, 2.24) is 5.32 Å². The second kappa shape index (κ2) is 11.1. The summed E-state index contributed by atoms with van der Waals surface area (Å²) >= 11 is 0. The monoisotopic (exact) mass is 460 g/mol. The third-order valence-corrected chi connectivity index (χ3v) is 6.01. The van der Waals surface area contributed by atoms with E-state index in [0.717, 1.165) is 36.1 Å². The van der Waals surface area contributed by atoms with Crippen LogP contribution in [0.5, 0.6) is 0 Å². The molecule has 0 saturated carbocycles. The number of ether oxygens (including phenoxy) is 1. The van der Waals surface area contributed by atoms with E-state index in [1.54, 1.807) is 23.1 Å². The first-order valence-corrected chi connectivity index (χ1v) is 11.6. The highest BCUT2D eigenvalue weighted by Crippen LogP contribution is 2.23. The van der Waals surface area contributed by atoms with Crippen LogP contribution in [0.1, 0.15) is 39.9 Å². The molecule has 6 heteroatoms. The number of aryl methyl sites for hydroxylation is 1. The van der Waals surface area contributed by atoms with Crippen LogP contribution in [0, 0.1) is 12.7 Å². The van der Waals surface area contributed by atoms with E-state index in [1.165, 1.54) is 12.1 Å². The molecule has 4 rings (SSSR count). The Balaban J connectivity index is 1.55. The Morgan fingerprint density at radius 2 is 1.82 bits per heavy atom. The molecule has 0 radical (unpaired) electrons. The zero-order valence-electron chi connectivity index (χ0n) is 19.3. The molecular formula is C28H29FN2O3. The first-order chi connectivity index (χ1) is 16.5. The molecule has 0 spiro atoms. The minimum absolute atomic E-state index is 0.0806. The normalized spacial score (nSPS) is 15.2. The molecule has 1 saturated heterocycles. The quantitative estimate of drug-likeness (QED) is 0.524. The molecule has 2 amide bonds. The number of nitrogens with zero attached hydrogens (tertiary/aromatic N) is 1. The average Bonchev–Trinajstić information content (AvgIpc) is 3.36. The minimum atomic E-state index is -0.323. The van der Waals surface area contributed by atoms with Crippen molar-refractivity contribution in [3.05, 3.63) is 101 Å². The van der Waals surface area contributed by atoms with E-state index in [4.69, 9.17) is 4.74 Å². The summed E-state index contributed by atoms with van der Waals surface area (Å²) in [5, 5.41) is 2.94. The number of amides is 2. The van der Waals surface area contributed by atoms with Crippen molar-refractivity contribution in [2.24, 2.45) is 0 Å². The van der Waals surface area contributed by atoms with Gasteiger partial charge in [-0.25, -0.2) is 4.39 Å². The minimum Gasteiger partial charge on any atom is -0.376 e. The molecule has 1 aliphatic rings. The van der Waals surface area contributed by atoms with E-state index in [-0.39, 0.29) is 36.7 Å². The first kappa shape index (κ1) is 23.6. The van der Waals surface area contributed by atoms with Crippen LogP contribution in [-0.4, -0.2) is 31.1 Å².